The summed E-state index contributed by atoms with van der Waals surface area (Å²) in [6.45, 7) is 1.47. The zero-order valence-corrected chi connectivity index (χ0v) is 11.0. The molecule has 0 atom stereocenters. The molecule has 1 aromatic rings. The first-order chi connectivity index (χ1) is 8.31. The Bertz CT molecular complexity index is 457. The lowest BCUT2D eigenvalue weighted by Crippen LogP contribution is -2.34. The van der Waals surface area contributed by atoms with E-state index in [1.54, 1.807) is 0 Å². The molecule has 0 amide bonds. The summed E-state index contributed by atoms with van der Waals surface area (Å²) in [4.78, 5) is 2.08. The lowest BCUT2D eigenvalue weighted by molar-refractivity contribution is -0.137. The van der Waals surface area contributed by atoms with Gasteiger partial charge in [-0.15, -0.1) is 0 Å². The largest absolute Gasteiger partial charge is 0.416 e. The number of rotatable bonds is 1. The van der Waals surface area contributed by atoms with E-state index in [2.05, 4.69) is 4.90 Å². The summed E-state index contributed by atoms with van der Waals surface area (Å²) < 4.78 is 49.9. The molecule has 0 saturated carbocycles. The second kappa shape index (κ2) is 4.71. The summed E-state index contributed by atoms with van der Waals surface area (Å²) in [5.74, 6) is 0. The quantitative estimate of drug-likeness (QED) is 0.735. The molecule has 0 aliphatic carbocycles. The van der Waals surface area contributed by atoms with Gasteiger partial charge in [-0.05, 0) is 19.2 Å². The molecule has 6 heteroatoms. The minimum Gasteiger partial charge on any atom is -0.319 e. The van der Waals surface area contributed by atoms with Gasteiger partial charge in [0.05, 0.1) is 5.56 Å². The van der Waals surface area contributed by atoms with E-state index in [-0.39, 0.29) is 0 Å². The molecular formula is C12H15F3NOP. The molecule has 0 radical (unpaired) electrons. The Morgan fingerprint density at radius 1 is 1.11 bits per heavy atom. The smallest absolute Gasteiger partial charge is 0.319 e. The number of alkyl halides is 3. The van der Waals surface area contributed by atoms with Crippen molar-refractivity contribution >= 4 is 12.4 Å². The van der Waals surface area contributed by atoms with Crippen LogP contribution in [0.1, 0.15) is 5.56 Å². The van der Waals surface area contributed by atoms with Gasteiger partial charge in [-0.1, -0.05) is 12.1 Å². The average molecular weight is 277 g/mol. The van der Waals surface area contributed by atoms with Crippen molar-refractivity contribution in [3.63, 3.8) is 0 Å². The lowest BCUT2D eigenvalue weighted by Gasteiger charge is -2.29. The molecule has 0 unspecified atom stereocenters. The van der Waals surface area contributed by atoms with Crippen molar-refractivity contribution < 1.29 is 17.7 Å². The molecule has 1 aromatic carbocycles. The van der Waals surface area contributed by atoms with Gasteiger partial charge >= 0.3 is 6.18 Å². The third-order valence-corrected chi connectivity index (χ3v) is 6.44. The van der Waals surface area contributed by atoms with Gasteiger partial charge in [0.25, 0.3) is 0 Å². The van der Waals surface area contributed by atoms with Gasteiger partial charge < -0.3 is 9.46 Å². The van der Waals surface area contributed by atoms with Gasteiger partial charge in [-0.3, -0.25) is 0 Å². The summed E-state index contributed by atoms with van der Waals surface area (Å²) in [5, 5.41) is 0.573. The number of hydrogen-bond acceptors (Lipinski definition) is 2. The van der Waals surface area contributed by atoms with Crippen LogP contribution in [0.3, 0.4) is 0 Å². The van der Waals surface area contributed by atoms with Gasteiger partial charge in [-0.25, -0.2) is 0 Å². The summed E-state index contributed by atoms with van der Waals surface area (Å²) in [7, 11) is -0.530. The standard InChI is InChI=1S/C12H15F3NOP/c1-16-6-8-18(17,9-7-16)11-4-2-10(3-5-11)12(13,14)15/h2-5H,6-9H2,1H3. The average Bonchev–Trinajstić information content (AvgIpc) is 2.32. The van der Waals surface area contributed by atoms with Crippen LogP contribution in [0.15, 0.2) is 24.3 Å². The third kappa shape index (κ3) is 2.78. The highest BCUT2D eigenvalue weighted by atomic mass is 31.2. The van der Waals surface area contributed by atoms with Crippen LogP contribution in [0.5, 0.6) is 0 Å². The fourth-order valence-corrected chi connectivity index (χ4v) is 4.83. The minimum atomic E-state index is -4.33. The topological polar surface area (TPSA) is 20.3 Å². The van der Waals surface area contributed by atoms with E-state index in [9.17, 15) is 17.7 Å². The Morgan fingerprint density at radius 2 is 1.61 bits per heavy atom. The van der Waals surface area contributed by atoms with Crippen molar-refractivity contribution in [1.29, 1.82) is 0 Å². The van der Waals surface area contributed by atoms with Gasteiger partial charge in [0, 0.05) is 30.7 Å². The monoisotopic (exact) mass is 277 g/mol. The first-order valence-corrected chi connectivity index (χ1v) is 7.83. The zero-order valence-electron chi connectivity index (χ0n) is 10.1. The van der Waals surface area contributed by atoms with E-state index in [0.717, 1.165) is 25.2 Å². The second-order valence-electron chi connectivity index (χ2n) is 4.68. The molecule has 0 spiro atoms. The van der Waals surface area contributed by atoms with E-state index in [4.69, 9.17) is 0 Å². The molecule has 100 valence electrons. The Hall–Kier alpha value is -0.800. The van der Waals surface area contributed by atoms with Crippen molar-refractivity contribution in [2.75, 3.05) is 32.5 Å². The molecule has 0 bridgehead atoms. The molecule has 18 heavy (non-hydrogen) atoms. The Kier molecular flexibility index (Phi) is 3.56. The van der Waals surface area contributed by atoms with Gasteiger partial charge in [0.15, 0.2) is 0 Å². The van der Waals surface area contributed by atoms with Crippen LogP contribution in [0, 0.1) is 0 Å². The fourth-order valence-electron chi connectivity index (χ4n) is 2.07. The maximum atomic E-state index is 12.6. The van der Waals surface area contributed by atoms with Crippen LogP contribution in [0.25, 0.3) is 0 Å². The normalized spacial score (nSPS) is 20.9. The SMILES string of the molecule is CN1CCP(=O)(c2ccc(C(F)(F)F)cc2)CC1. The molecule has 1 fully saturated rings. The van der Waals surface area contributed by atoms with Gasteiger partial charge in [0.2, 0.25) is 0 Å². The van der Waals surface area contributed by atoms with E-state index >= 15 is 0 Å². The van der Waals surface area contributed by atoms with Gasteiger partial charge in [-0.2, -0.15) is 13.2 Å². The van der Waals surface area contributed by atoms with Crippen molar-refractivity contribution in [2.45, 2.75) is 6.18 Å². The number of halogens is 3. The lowest BCUT2D eigenvalue weighted by atomic mass is 10.2. The molecular weight excluding hydrogens is 262 g/mol. The maximum Gasteiger partial charge on any atom is 0.416 e. The van der Waals surface area contributed by atoms with Crippen molar-refractivity contribution in [3.8, 4) is 0 Å². The van der Waals surface area contributed by atoms with E-state index in [1.807, 2.05) is 7.05 Å². The summed E-state index contributed by atoms with van der Waals surface area (Å²) in [5.41, 5.74) is -0.688. The molecule has 2 nitrogen and oxygen atoms in total. The van der Waals surface area contributed by atoms with Crippen LogP contribution in [0.4, 0.5) is 13.2 Å². The van der Waals surface area contributed by atoms with Crippen molar-refractivity contribution in [1.82, 2.24) is 4.90 Å². The predicted octanol–water partition coefficient (Wildman–Crippen LogP) is 2.64. The number of benzene rings is 1. The highest BCUT2D eigenvalue weighted by molar-refractivity contribution is 7.71. The van der Waals surface area contributed by atoms with Crippen molar-refractivity contribution in [2.24, 2.45) is 0 Å². The molecule has 1 saturated heterocycles. The second-order valence-corrected chi connectivity index (χ2v) is 7.87. The molecule has 1 aliphatic heterocycles. The summed E-state index contributed by atoms with van der Waals surface area (Å²) >= 11 is 0. The minimum absolute atomic E-state index is 0.550. The first kappa shape index (κ1) is 13.6. The zero-order chi connectivity index (χ0) is 13.4. The van der Waals surface area contributed by atoms with E-state index < -0.39 is 18.9 Å². The molecule has 1 aliphatic rings. The van der Waals surface area contributed by atoms with E-state index in [0.29, 0.717) is 17.6 Å². The first-order valence-electron chi connectivity index (χ1n) is 5.76. The highest BCUT2D eigenvalue weighted by Gasteiger charge is 2.32. The Labute approximate surface area is 104 Å². The molecule has 1 heterocycles. The molecule has 0 aromatic heterocycles. The third-order valence-electron chi connectivity index (χ3n) is 3.35. The van der Waals surface area contributed by atoms with E-state index in [1.165, 1.54) is 12.1 Å². The van der Waals surface area contributed by atoms with Crippen LogP contribution < -0.4 is 5.30 Å². The number of nitrogens with zero attached hydrogens (tertiary/aromatic N) is 1. The number of hydrogen-bond donors (Lipinski definition) is 0. The molecule has 2 rings (SSSR count). The fraction of sp³-hybridized carbons (Fsp3) is 0.500. The Morgan fingerprint density at radius 3 is 2.06 bits per heavy atom. The molecule has 0 N–H and O–H groups in total. The summed E-state index contributed by atoms with van der Waals surface area (Å²) in [6.07, 6.45) is -3.23. The van der Waals surface area contributed by atoms with Crippen LogP contribution in [0.2, 0.25) is 0 Å². The van der Waals surface area contributed by atoms with Crippen LogP contribution in [-0.2, 0) is 10.7 Å². The predicted molar refractivity (Wildman–Crippen MR) is 65.9 cm³/mol. The summed E-state index contributed by atoms with van der Waals surface area (Å²) in [6, 6.07) is 4.78. The van der Waals surface area contributed by atoms with Crippen LogP contribution >= 0.6 is 7.14 Å². The maximum absolute atomic E-state index is 12.6. The van der Waals surface area contributed by atoms with Gasteiger partial charge in [0.1, 0.15) is 7.14 Å². The van der Waals surface area contributed by atoms with Crippen molar-refractivity contribution in [3.05, 3.63) is 29.8 Å². The Balaban J connectivity index is 2.22. The van der Waals surface area contributed by atoms with Crippen LogP contribution in [-0.4, -0.2) is 37.4 Å². The highest BCUT2D eigenvalue weighted by Crippen LogP contribution is 2.46.